The Balaban J connectivity index is 1.57. The predicted molar refractivity (Wildman–Crippen MR) is 126 cm³/mol. The van der Waals surface area contributed by atoms with Gasteiger partial charge >= 0.3 is 6.03 Å². The molecule has 168 valence electrons. The normalized spacial score (nSPS) is 16.1. The van der Waals surface area contributed by atoms with Crippen LogP contribution in [0.15, 0.2) is 54.6 Å². The molecule has 6 heteroatoms. The van der Waals surface area contributed by atoms with Gasteiger partial charge in [0, 0.05) is 24.7 Å². The number of hydrogen-bond acceptors (Lipinski definition) is 4. The lowest BCUT2D eigenvalue weighted by Crippen LogP contribution is -2.47. The average molecular weight is 425 g/mol. The Hall–Kier alpha value is -2.57. The third kappa shape index (κ3) is 6.71. The summed E-state index contributed by atoms with van der Waals surface area (Å²) < 4.78 is 5.59. The van der Waals surface area contributed by atoms with Gasteiger partial charge in [-0.3, -0.25) is 4.90 Å². The van der Waals surface area contributed by atoms with Crippen molar-refractivity contribution in [1.82, 2.24) is 20.4 Å². The van der Waals surface area contributed by atoms with Crippen LogP contribution in [0, 0.1) is 0 Å². The number of nitrogens with zero attached hydrogens (tertiary/aromatic N) is 2. The maximum Gasteiger partial charge on any atom is 0.314 e. The fraction of sp³-hybridized carbons (Fsp3) is 0.480. The molecule has 2 N–H and O–H groups in total. The van der Waals surface area contributed by atoms with Gasteiger partial charge in [-0.05, 0) is 58.1 Å². The number of rotatable bonds is 10. The van der Waals surface area contributed by atoms with Crippen LogP contribution in [0.3, 0.4) is 0 Å². The van der Waals surface area contributed by atoms with E-state index in [4.69, 9.17) is 4.74 Å². The summed E-state index contributed by atoms with van der Waals surface area (Å²) in [5, 5.41) is 6.17. The molecule has 1 fully saturated rings. The van der Waals surface area contributed by atoms with E-state index in [9.17, 15) is 4.79 Å². The van der Waals surface area contributed by atoms with E-state index in [1.165, 1.54) is 18.4 Å². The molecule has 0 aliphatic carbocycles. The van der Waals surface area contributed by atoms with Gasteiger partial charge in [0.1, 0.15) is 5.75 Å². The van der Waals surface area contributed by atoms with Gasteiger partial charge in [-0.2, -0.15) is 0 Å². The number of ether oxygens (including phenoxy) is 1. The minimum Gasteiger partial charge on any atom is -0.496 e. The lowest BCUT2D eigenvalue weighted by Gasteiger charge is -2.29. The Morgan fingerprint density at radius 2 is 1.65 bits per heavy atom. The number of carbonyl (C=O) groups is 1. The maximum atomic E-state index is 12.6. The summed E-state index contributed by atoms with van der Waals surface area (Å²) in [5.41, 5.74) is 2.40. The quantitative estimate of drug-likeness (QED) is 0.614. The molecular formula is C25H36N4O2. The highest BCUT2D eigenvalue weighted by molar-refractivity contribution is 5.74. The number of amides is 2. The third-order valence-electron chi connectivity index (χ3n) is 6.08. The number of likely N-dealkylation sites (tertiary alicyclic amines) is 1. The van der Waals surface area contributed by atoms with Gasteiger partial charge in [-0.1, -0.05) is 48.5 Å². The zero-order valence-corrected chi connectivity index (χ0v) is 19.0. The van der Waals surface area contributed by atoms with Gasteiger partial charge < -0.3 is 20.3 Å². The summed E-state index contributed by atoms with van der Waals surface area (Å²) >= 11 is 0. The van der Waals surface area contributed by atoms with Crippen LogP contribution in [-0.4, -0.2) is 69.3 Å². The van der Waals surface area contributed by atoms with Crippen molar-refractivity contribution >= 4 is 6.03 Å². The number of urea groups is 1. The number of likely N-dealkylation sites (N-methyl/N-ethyl adjacent to an activating group) is 1. The number of nitrogens with one attached hydrogen (secondary N) is 2. The Labute approximate surface area is 186 Å². The molecule has 2 atom stereocenters. The van der Waals surface area contributed by atoms with Crippen molar-refractivity contribution < 1.29 is 9.53 Å². The molecule has 2 unspecified atom stereocenters. The number of methoxy groups -OCH3 is 1. The molecular weight excluding hydrogens is 388 g/mol. The summed E-state index contributed by atoms with van der Waals surface area (Å²) in [4.78, 5) is 17.2. The first-order valence-electron chi connectivity index (χ1n) is 11.2. The van der Waals surface area contributed by atoms with Crippen LogP contribution in [0.1, 0.15) is 30.0 Å². The molecule has 1 aliphatic rings. The van der Waals surface area contributed by atoms with Crippen LogP contribution >= 0.6 is 0 Å². The van der Waals surface area contributed by atoms with Crippen LogP contribution < -0.4 is 15.4 Å². The van der Waals surface area contributed by atoms with Crippen LogP contribution in [0.5, 0.6) is 5.75 Å². The number of benzene rings is 2. The van der Waals surface area contributed by atoms with Crippen molar-refractivity contribution in [2.75, 3.05) is 47.4 Å². The van der Waals surface area contributed by atoms with Crippen LogP contribution in [0.2, 0.25) is 0 Å². The number of carbonyl (C=O) groups excluding carboxylic acids is 1. The van der Waals surface area contributed by atoms with E-state index < -0.39 is 0 Å². The predicted octanol–water partition coefficient (Wildman–Crippen LogP) is 3.30. The van der Waals surface area contributed by atoms with Gasteiger partial charge in [0.05, 0.1) is 13.2 Å². The SMILES string of the molecule is COc1ccccc1C(CNC(=O)NCC(Cc1ccccc1)N(C)C)N1CCCC1. The smallest absolute Gasteiger partial charge is 0.314 e. The first kappa shape index (κ1) is 23.1. The van der Waals surface area contributed by atoms with Gasteiger partial charge in [0.2, 0.25) is 0 Å². The number of para-hydroxylation sites is 1. The minimum absolute atomic E-state index is 0.110. The van der Waals surface area contributed by atoms with E-state index >= 15 is 0 Å². The zero-order chi connectivity index (χ0) is 22.1. The lowest BCUT2D eigenvalue weighted by molar-refractivity contribution is 0.214. The molecule has 2 amide bonds. The molecule has 31 heavy (non-hydrogen) atoms. The van der Waals surface area contributed by atoms with Gasteiger partial charge in [-0.15, -0.1) is 0 Å². The summed E-state index contributed by atoms with van der Waals surface area (Å²) in [7, 11) is 5.81. The van der Waals surface area contributed by atoms with E-state index in [2.05, 4.69) is 64.9 Å². The standard InChI is InChI=1S/C25H36N4O2/c1-28(2)21(17-20-11-5-4-6-12-20)18-26-25(30)27-19-23(29-15-9-10-16-29)22-13-7-8-14-24(22)31-3/h4-8,11-14,21,23H,9-10,15-19H2,1-3H3,(H2,26,27,30). The Kier molecular flexibility index (Phi) is 8.74. The van der Waals surface area contributed by atoms with Crippen LogP contribution in [0.25, 0.3) is 0 Å². The minimum atomic E-state index is -0.126. The fourth-order valence-corrected chi connectivity index (χ4v) is 4.22. The Bertz CT molecular complexity index is 806. The second kappa shape index (κ2) is 11.7. The summed E-state index contributed by atoms with van der Waals surface area (Å²) in [6, 6.07) is 18.7. The first-order valence-corrected chi connectivity index (χ1v) is 11.2. The maximum absolute atomic E-state index is 12.6. The Morgan fingerprint density at radius 3 is 2.32 bits per heavy atom. The molecule has 2 aromatic carbocycles. The van der Waals surface area contributed by atoms with Crippen LogP contribution in [-0.2, 0) is 6.42 Å². The highest BCUT2D eigenvalue weighted by Crippen LogP contribution is 2.31. The highest BCUT2D eigenvalue weighted by Gasteiger charge is 2.26. The van der Waals surface area contributed by atoms with Gasteiger partial charge in [0.25, 0.3) is 0 Å². The summed E-state index contributed by atoms with van der Waals surface area (Å²) in [5.74, 6) is 0.872. The zero-order valence-electron chi connectivity index (χ0n) is 19.0. The number of hydrogen-bond donors (Lipinski definition) is 2. The highest BCUT2D eigenvalue weighted by atomic mass is 16.5. The molecule has 0 aromatic heterocycles. The molecule has 1 heterocycles. The van der Waals surface area contributed by atoms with Crippen molar-refractivity contribution in [1.29, 1.82) is 0 Å². The second-order valence-electron chi connectivity index (χ2n) is 8.40. The first-order chi connectivity index (χ1) is 15.1. The van der Waals surface area contributed by atoms with Crippen molar-refractivity contribution in [3.63, 3.8) is 0 Å². The van der Waals surface area contributed by atoms with Gasteiger partial charge in [-0.25, -0.2) is 4.79 Å². The molecule has 2 aromatic rings. The monoisotopic (exact) mass is 424 g/mol. The van der Waals surface area contributed by atoms with E-state index in [0.717, 1.165) is 30.8 Å². The molecule has 0 bridgehead atoms. The van der Waals surface area contributed by atoms with E-state index in [-0.39, 0.29) is 18.1 Å². The summed E-state index contributed by atoms with van der Waals surface area (Å²) in [6.45, 7) is 3.24. The van der Waals surface area contributed by atoms with E-state index in [0.29, 0.717) is 13.1 Å². The molecule has 6 nitrogen and oxygen atoms in total. The molecule has 0 saturated carbocycles. The topological polar surface area (TPSA) is 56.8 Å². The van der Waals surface area contributed by atoms with Crippen LogP contribution in [0.4, 0.5) is 4.79 Å². The van der Waals surface area contributed by atoms with Gasteiger partial charge in [0.15, 0.2) is 0 Å². The largest absolute Gasteiger partial charge is 0.496 e. The van der Waals surface area contributed by atoms with E-state index in [1.54, 1.807) is 7.11 Å². The van der Waals surface area contributed by atoms with Crippen molar-refractivity contribution in [3.05, 3.63) is 65.7 Å². The fourth-order valence-electron chi connectivity index (χ4n) is 4.22. The lowest BCUT2D eigenvalue weighted by atomic mass is 10.0. The molecule has 0 spiro atoms. The van der Waals surface area contributed by atoms with E-state index in [1.807, 2.05) is 24.3 Å². The molecule has 1 saturated heterocycles. The van der Waals surface area contributed by atoms with Crippen molar-refractivity contribution in [2.24, 2.45) is 0 Å². The third-order valence-corrected chi connectivity index (χ3v) is 6.08. The van der Waals surface area contributed by atoms with Crippen molar-refractivity contribution in [2.45, 2.75) is 31.3 Å². The summed E-state index contributed by atoms with van der Waals surface area (Å²) in [6.07, 6.45) is 3.29. The second-order valence-corrected chi connectivity index (χ2v) is 8.40. The average Bonchev–Trinajstić information content (AvgIpc) is 3.32. The van der Waals surface area contributed by atoms with Crippen molar-refractivity contribution in [3.8, 4) is 5.75 Å². The molecule has 0 radical (unpaired) electrons. The molecule has 1 aliphatic heterocycles. The Morgan fingerprint density at radius 1 is 1.00 bits per heavy atom. The molecule has 3 rings (SSSR count).